The van der Waals surface area contributed by atoms with E-state index in [9.17, 15) is 9.50 Å². The first-order valence-electron chi connectivity index (χ1n) is 4.86. The molecule has 0 aliphatic carbocycles. The monoisotopic (exact) mass is 276 g/mol. The summed E-state index contributed by atoms with van der Waals surface area (Å²) in [5, 5.41) is 9.71. The lowest BCUT2D eigenvalue weighted by molar-refractivity contribution is 0.0342. The third-order valence-corrected chi connectivity index (χ3v) is 2.65. The Labute approximate surface area is 97.2 Å². The predicted octanol–water partition coefficient (Wildman–Crippen LogP) is 3.05. The molecule has 0 heterocycles. The van der Waals surface area contributed by atoms with Gasteiger partial charge < -0.3 is 9.84 Å². The zero-order valence-electron chi connectivity index (χ0n) is 8.54. The summed E-state index contributed by atoms with van der Waals surface area (Å²) in [5.74, 6) is -0.419. The minimum absolute atomic E-state index is 0.118. The van der Waals surface area contributed by atoms with Crippen LogP contribution in [0.15, 0.2) is 22.7 Å². The summed E-state index contributed by atoms with van der Waals surface area (Å²) >= 11 is 3.20. The maximum absolute atomic E-state index is 13.4. The van der Waals surface area contributed by atoms with Crippen molar-refractivity contribution in [2.75, 3.05) is 13.2 Å². The summed E-state index contributed by atoms with van der Waals surface area (Å²) in [6, 6.07) is 4.60. The van der Waals surface area contributed by atoms with Crippen LogP contribution in [0.5, 0.6) is 0 Å². The van der Waals surface area contributed by atoms with Crippen LogP contribution in [0.1, 0.15) is 25.0 Å². The van der Waals surface area contributed by atoms with Crippen LogP contribution in [0.2, 0.25) is 0 Å². The molecule has 84 valence electrons. The number of aliphatic hydroxyl groups is 1. The Kier molecular flexibility index (Phi) is 5.22. The van der Waals surface area contributed by atoms with Crippen LogP contribution in [0, 0.1) is 5.82 Å². The predicted molar refractivity (Wildman–Crippen MR) is 60.2 cm³/mol. The molecule has 2 nitrogen and oxygen atoms in total. The van der Waals surface area contributed by atoms with E-state index in [1.165, 1.54) is 6.07 Å². The quantitative estimate of drug-likeness (QED) is 0.838. The molecule has 0 radical (unpaired) electrons. The third-order valence-electron chi connectivity index (χ3n) is 1.96. The maximum Gasteiger partial charge on any atom is 0.130 e. The second-order valence-electron chi connectivity index (χ2n) is 3.23. The first-order valence-corrected chi connectivity index (χ1v) is 5.65. The minimum Gasteiger partial charge on any atom is -0.386 e. The Morgan fingerprint density at radius 1 is 1.53 bits per heavy atom. The van der Waals surface area contributed by atoms with Crippen molar-refractivity contribution in [3.63, 3.8) is 0 Å². The van der Waals surface area contributed by atoms with Gasteiger partial charge in [-0.05, 0) is 18.6 Å². The maximum atomic E-state index is 13.4. The Morgan fingerprint density at radius 3 is 2.87 bits per heavy atom. The van der Waals surface area contributed by atoms with Crippen molar-refractivity contribution in [3.05, 3.63) is 34.1 Å². The fourth-order valence-electron chi connectivity index (χ4n) is 1.25. The summed E-state index contributed by atoms with van der Waals surface area (Å²) < 4.78 is 19.1. The summed E-state index contributed by atoms with van der Waals surface area (Å²) in [5.41, 5.74) is 0.258. The molecule has 1 aromatic carbocycles. The second kappa shape index (κ2) is 6.20. The Hall–Kier alpha value is -0.450. The molecule has 0 fully saturated rings. The summed E-state index contributed by atoms with van der Waals surface area (Å²) in [4.78, 5) is 0. The van der Waals surface area contributed by atoms with Crippen LogP contribution in [0.3, 0.4) is 0 Å². The lowest BCUT2D eigenvalue weighted by Crippen LogP contribution is -2.10. The molecule has 0 aliphatic heterocycles. The summed E-state index contributed by atoms with van der Waals surface area (Å²) in [7, 11) is 0. The van der Waals surface area contributed by atoms with Crippen LogP contribution in [0.25, 0.3) is 0 Å². The highest BCUT2D eigenvalue weighted by molar-refractivity contribution is 9.10. The molecule has 0 saturated carbocycles. The fourth-order valence-corrected chi connectivity index (χ4v) is 1.86. The standard InChI is InChI=1S/C11H14BrFO2/c1-2-6-15-7-10(14)11-8(12)4-3-5-9(11)13/h3-5,10,14H,2,6-7H2,1H3. The van der Waals surface area contributed by atoms with Gasteiger partial charge in [0.2, 0.25) is 0 Å². The highest BCUT2D eigenvalue weighted by Crippen LogP contribution is 2.26. The topological polar surface area (TPSA) is 29.5 Å². The van der Waals surface area contributed by atoms with Gasteiger partial charge in [-0.15, -0.1) is 0 Å². The van der Waals surface area contributed by atoms with Crippen molar-refractivity contribution in [1.82, 2.24) is 0 Å². The van der Waals surface area contributed by atoms with E-state index in [1.807, 2.05) is 6.92 Å². The molecular weight excluding hydrogens is 263 g/mol. The van der Waals surface area contributed by atoms with E-state index in [-0.39, 0.29) is 12.2 Å². The van der Waals surface area contributed by atoms with Gasteiger partial charge in [-0.25, -0.2) is 4.39 Å². The van der Waals surface area contributed by atoms with Crippen LogP contribution in [-0.4, -0.2) is 18.3 Å². The molecule has 0 aliphatic rings. The number of aliphatic hydroxyl groups excluding tert-OH is 1. The fraction of sp³-hybridized carbons (Fsp3) is 0.455. The van der Waals surface area contributed by atoms with Crippen LogP contribution in [-0.2, 0) is 4.74 Å². The molecule has 1 rings (SSSR count). The van der Waals surface area contributed by atoms with Crippen molar-refractivity contribution < 1.29 is 14.2 Å². The largest absolute Gasteiger partial charge is 0.386 e. The molecule has 0 aromatic heterocycles. The molecule has 1 N–H and O–H groups in total. The van der Waals surface area contributed by atoms with Gasteiger partial charge in [0.25, 0.3) is 0 Å². The van der Waals surface area contributed by atoms with Gasteiger partial charge >= 0.3 is 0 Å². The van der Waals surface area contributed by atoms with Crippen LogP contribution < -0.4 is 0 Å². The van der Waals surface area contributed by atoms with Crippen molar-refractivity contribution in [3.8, 4) is 0 Å². The van der Waals surface area contributed by atoms with E-state index >= 15 is 0 Å². The number of halogens is 2. The molecule has 4 heteroatoms. The normalized spacial score (nSPS) is 12.8. The lowest BCUT2D eigenvalue weighted by atomic mass is 10.1. The summed E-state index contributed by atoms with van der Waals surface area (Å²) in [6.07, 6.45) is -0.0438. The molecule has 1 unspecified atom stereocenters. The van der Waals surface area contributed by atoms with Gasteiger partial charge in [0.05, 0.1) is 6.61 Å². The first-order chi connectivity index (χ1) is 7.16. The molecule has 0 bridgehead atoms. The molecule has 15 heavy (non-hydrogen) atoms. The number of ether oxygens (including phenoxy) is 1. The number of rotatable bonds is 5. The molecule has 1 atom stereocenters. The lowest BCUT2D eigenvalue weighted by Gasteiger charge is -2.13. The number of benzene rings is 1. The van der Waals surface area contributed by atoms with Crippen molar-refractivity contribution in [2.45, 2.75) is 19.4 Å². The minimum atomic E-state index is -0.924. The Morgan fingerprint density at radius 2 is 2.27 bits per heavy atom. The molecule has 0 saturated heterocycles. The van der Waals surface area contributed by atoms with E-state index < -0.39 is 11.9 Å². The average molecular weight is 277 g/mol. The van der Waals surface area contributed by atoms with Gasteiger partial charge in [-0.3, -0.25) is 0 Å². The van der Waals surface area contributed by atoms with Gasteiger partial charge in [0.15, 0.2) is 0 Å². The van der Waals surface area contributed by atoms with Gasteiger partial charge in [-0.2, -0.15) is 0 Å². The molecule has 0 amide bonds. The van der Waals surface area contributed by atoms with E-state index in [0.29, 0.717) is 11.1 Å². The van der Waals surface area contributed by atoms with E-state index in [2.05, 4.69) is 15.9 Å². The highest BCUT2D eigenvalue weighted by Gasteiger charge is 2.15. The number of hydrogen-bond acceptors (Lipinski definition) is 2. The van der Waals surface area contributed by atoms with E-state index in [1.54, 1.807) is 12.1 Å². The van der Waals surface area contributed by atoms with Crippen molar-refractivity contribution in [2.24, 2.45) is 0 Å². The third kappa shape index (κ3) is 3.55. The molecule has 1 aromatic rings. The zero-order chi connectivity index (χ0) is 11.3. The zero-order valence-corrected chi connectivity index (χ0v) is 10.1. The van der Waals surface area contributed by atoms with Crippen molar-refractivity contribution >= 4 is 15.9 Å². The first kappa shape index (κ1) is 12.6. The SMILES string of the molecule is CCCOCC(O)c1c(F)cccc1Br. The van der Waals surface area contributed by atoms with Crippen molar-refractivity contribution in [1.29, 1.82) is 0 Å². The van der Waals surface area contributed by atoms with Gasteiger partial charge in [0.1, 0.15) is 11.9 Å². The molecular formula is C11H14BrFO2. The van der Waals surface area contributed by atoms with Crippen LogP contribution >= 0.6 is 15.9 Å². The highest BCUT2D eigenvalue weighted by atomic mass is 79.9. The van der Waals surface area contributed by atoms with Gasteiger partial charge in [0, 0.05) is 16.6 Å². The Bertz CT molecular complexity index is 297. The molecule has 0 spiro atoms. The summed E-state index contributed by atoms with van der Waals surface area (Å²) in [6.45, 7) is 2.67. The van der Waals surface area contributed by atoms with Crippen LogP contribution in [0.4, 0.5) is 4.39 Å². The average Bonchev–Trinajstić information content (AvgIpc) is 2.18. The van der Waals surface area contributed by atoms with E-state index in [0.717, 1.165) is 6.42 Å². The second-order valence-corrected chi connectivity index (χ2v) is 4.08. The number of hydrogen-bond donors (Lipinski definition) is 1. The smallest absolute Gasteiger partial charge is 0.130 e. The van der Waals surface area contributed by atoms with Gasteiger partial charge in [-0.1, -0.05) is 28.9 Å². The van der Waals surface area contributed by atoms with E-state index in [4.69, 9.17) is 4.74 Å². The Balaban J connectivity index is 2.68.